The molecule has 0 aromatic heterocycles. The molecule has 3 heterocycles. The number of hydrogen-bond donors (Lipinski definition) is 1. The highest BCUT2D eigenvalue weighted by Gasteiger charge is 2.24. The zero-order chi connectivity index (χ0) is 24.3. The van der Waals surface area contributed by atoms with E-state index in [9.17, 15) is 4.79 Å². The van der Waals surface area contributed by atoms with E-state index in [0.29, 0.717) is 0 Å². The lowest BCUT2D eigenvalue weighted by atomic mass is 10.1. The van der Waals surface area contributed by atoms with Gasteiger partial charge >= 0.3 is 5.97 Å². The van der Waals surface area contributed by atoms with E-state index >= 15 is 0 Å². The van der Waals surface area contributed by atoms with Crippen LogP contribution in [0.1, 0.15) is 33.1 Å². The third-order valence-electron chi connectivity index (χ3n) is 7.29. The lowest BCUT2D eigenvalue weighted by molar-refractivity contribution is -0.138. The third kappa shape index (κ3) is 10.9. The topological polar surface area (TPSA) is 56.7 Å². The Bertz CT molecular complexity index is 497. The van der Waals surface area contributed by atoms with Crippen LogP contribution in [0.4, 0.5) is 0 Å². The quantitative estimate of drug-likeness (QED) is 0.672. The van der Waals surface area contributed by atoms with E-state index in [4.69, 9.17) is 5.11 Å². The lowest BCUT2D eigenvalue weighted by Gasteiger charge is -2.37. The molecule has 8 nitrogen and oxygen atoms in total. The molecular formula is C24H52N6O2. The zero-order valence-corrected chi connectivity index (χ0v) is 22.3. The number of hydrogen-bond acceptors (Lipinski definition) is 7. The molecule has 3 aliphatic heterocycles. The molecule has 0 aromatic rings. The Kier molecular flexibility index (Phi) is 13.9. The molecule has 0 radical (unpaired) electrons. The van der Waals surface area contributed by atoms with Gasteiger partial charge in [-0.05, 0) is 55.1 Å². The van der Waals surface area contributed by atoms with E-state index in [1.54, 1.807) is 0 Å². The standard InChI is InChI=1S/C8H16N2O2.2C8H18N2/c1-9-3-4-10(2)7(6-9)5-8(11)12;2*1-4-8-7-9(2)5-6-10(8)3/h7H,3-6H2,1-2H3,(H,11,12);2*8H,4-7H2,1-3H3. The first-order valence-electron chi connectivity index (χ1n) is 12.4. The number of nitrogens with zero attached hydrogens (tertiary/aromatic N) is 6. The highest BCUT2D eigenvalue weighted by atomic mass is 16.4. The predicted octanol–water partition coefficient (Wildman–Crippen LogP) is 0.991. The number of piperazine rings is 3. The van der Waals surface area contributed by atoms with Crippen molar-refractivity contribution in [2.75, 3.05) is 101 Å². The van der Waals surface area contributed by atoms with Crippen molar-refractivity contribution in [2.24, 2.45) is 0 Å². The molecule has 3 atom stereocenters. The molecular weight excluding hydrogens is 404 g/mol. The van der Waals surface area contributed by atoms with Crippen LogP contribution in [0.5, 0.6) is 0 Å². The third-order valence-corrected chi connectivity index (χ3v) is 7.29. The summed E-state index contributed by atoms with van der Waals surface area (Å²) in [6, 6.07) is 1.76. The van der Waals surface area contributed by atoms with Crippen molar-refractivity contribution in [1.82, 2.24) is 29.4 Å². The Morgan fingerprint density at radius 3 is 1.22 bits per heavy atom. The van der Waals surface area contributed by atoms with Crippen LogP contribution >= 0.6 is 0 Å². The van der Waals surface area contributed by atoms with Crippen molar-refractivity contribution in [3.8, 4) is 0 Å². The van der Waals surface area contributed by atoms with Gasteiger partial charge < -0.3 is 34.5 Å². The van der Waals surface area contributed by atoms with E-state index in [1.165, 1.54) is 52.1 Å². The Labute approximate surface area is 198 Å². The van der Waals surface area contributed by atoms with Gasteiger partial charge in [-0.25, -0.2) is 0 Å². The highest BCUT2D eigenvalue weighted by molar-refractivity contribution is 5.67. The first-order valence-corrected chi connectivity index (χ1v) is 12.4. The van der Waals surface area contributed by atoms with Gasteiger partial charge in [0, 0.05) is 77.0 Å². The van der Waals surface area contributed by atoms with Gasteiger partial charge in [0.1, 0.15) is 0 Å². The van der Waals surface area contributed by atoms with Gasteiger partial charge in [-0.1, -0.05) is 13.8 Å². The number of aliphatic carboxylic acids is 1. The molecule has 190 valence electrons. The minimum atomic E-state index is -0.706. The van der Waals surface area contributed by atoms with Crippen molar-refractivity contribution in [2.45, 2.75) is 51.2 Å². The van der Waals surface area contributed by atoms with Crippen LogP contribution < -0.4 is 0 Å². The Hall–Kier alpha value is -0.770. The lowest BCUT2D eigenvalue weighted by Crippen LogP contribution is -2.50. The van der Waals surface area contributed by atoms with Crippen LogP contribution in [-0.4, -0.2) is 160 Å². The van der Waals surface area contributed by atoms with E-state index in [1.807, 2.05) is 14.1 Å². The summed E-state index contributed by atoms with van der Waals surface area (Å²) in [5, 5.41) is 8.62. The fraction of sp³-hybridized carbons (Fsp3) is 0.958. The van der Waals surface area contributed by atoms with Gasteiger partial charge in [-0.15, -0.1) is 0 Å². The second-order valence-corrected chi connectivity index (χ2v) is 10.1. The monoisotopic (exact) mass is 456 g/mol. The molecule has 0 amide bonds. The summed E-state index contributed by atoms with van der Waals surface area (Å²) in [5.41, 5.74) is 0. The van der Waals surface area contributed by atoms with Gasteiger partial charge in [0.15, 0.2) is 0 Å². The molecule has 0 bridgehead atoms. The molecule has 0 spiro atoms. The molecule has 8 heteroatoms. The van der Waals surface area contributed by atoms with Gasteiger partial charge in [-0.2, -0.15) is 0 Å². The summed E-state index contributed by atoms with van der Waals surface area (Å²) in [6.07, 6.45) is 2.81. The van der Waals surface area contributed by atoms with Gasteiger partial charge in [0.25, 0.3) is 0 Å². The maximum atomic E-state index is 10.5. The van der Waals surface area contributed by atoms with Crippen molar-refractivity contribution in [3.05, 3.63) is 0 Å². The van der Waals surface area contributed by atoms with E-state index < -0.39 is 5.97 Å². The highest BCUT2D eigenvalue weighted by Crippen LogP contribution is 2.10. The maximum absolute atomic E-state index is 10.5. The minimum absolute atomic E-state index is 0.182. The average Bonchev–Trinajstić information content (AvgIpc) is 2.74. The smallest absolute Gasteiger partial charge is 0.304 e. The van der Waals surface area contributed by atoms with Crippen molar-refractivity contribution < 1.29 is 9.90 Å². The van der Waals surface area contributed by atoms with Crippen molar-refractivity contribution >= 4 is 5.97 Å². The van der Waals surface area contributed by atoms with Crippen LogP contribution in [-0.2, 0) is 4.79 Å². The normalized spacial score (nSPS) is 29.6. The molecule has 3 aliphatic rings. The number of carboxylic acids is 1. The number of carboxylic acid groups (broad SMARTS) is 1. The molecule has 3 saturated heterocycles. The summed E-state index contributed by atoms with van der Waals surface area (Å²) in [7, 11) is 12.9. The molecule has 0 aliphatic carbocycles. The number of rotatable bonds is 4. The second-order valence-electron chi connectivity index (χ2n) is 10.1. The van der Waals surface area contributed by atoms with Crippen LogP contribution in [0.25, 0.3) is 0 Å². The summed E-state index contributed by atoms with van der Waals surface area (Å²) < 4.78 is 0. The number of likely N-dealkylation sites (N-methyl/N-ethyl adjacent to an activating group) is 6. The summed E-state index contributed by atoms with van der Waals surface area (Å²) >= 11 is 0. The minimum Gasteiger partial charge on any atom is -0.481 e. The molecule has 3 unspecified atom stereocenters. The predicted molar refractivity (Wildman–Crippen MR) is 135 cm³/mol. The van der Waals surface area contributed by atoms with E-state index in [-0.39, 0.29) is 12.5 Å². The largest absolute Gasteiger partial charge is 0.481 e. The first kappa shape index (κ1) is 29.3. The SMILES string of the molecule is CCC1CN(C)CCN1C.CCC1CN(C)CCN1C.CN1CCN(C)C(CC(=O)O)C1. The maximum Gasteiger partial charge on any atom is 0.304 e. The van der Waals surface area contributed by atoms with E-state index in [0.717, 1.165) is 31.7 Å². The van der Waals surface area contributed by atoms with Gasteiger partial charge in [0.05, 0.1) is 6.42 Å². The molecule has 3 rings (SSSR count). The van der Waals surface area contributed by atoms with Gasteiger partial charge in [-0.3, -0.25) is 4.79 Å². The fourth-order valence-corrected chi connectivity index (χ4v) is 4.61. The molecule has 1 N–H and O–H groups in total. The van der Waals surface area contributed by atoms with Gasteiger partial charge in [0.2, 0.25) is 0 Å². The van der Waals surface area contributed by atoms with Crippen LogP contribution in [0.15, 0.2) is 0 Å². The van der Waals surface area contributed by atoms with Crippen LogP contribution in [0.3, 0.4) is 0 Å². The average molecular weight is 457 g/mol. The summed E-state index contributed by atoms with van der Waals surface area (Å²) in [6.45, 7) is 14.8. The summed E-state index contributed by atoms with van der Waals surface area (Å²) in [4.78, 5) is 24.5. The van der Waals surface area contributed by atoms with Crippen molar-refractivity contribution in [3.63, 3.8) is 0 Å². The van der Waals surface area contributed by atoms with Crippen LogP contribution in [0, 0.1) is 0 Å². The Morgan fingerprint density at radius 1 is 0.625 bits per heavy atom. The van der Waals surface area contributed by atoms with Crippen LogP contribution in [0.2, 0.25) is 0 Å². The van der Waals surface area contributed by atoms with E-state index in [2.05, 4.69) is 71.4 Å². The number of carbonyl (C=O) groups is 1. The molecule has 32 heavy (non-hydrogen) atoms. The summed E-state index contributed by atoms with van der Waals surface area (Å²) in [5.74, 6) is -0.706. The molecule has 0 aromatic carbocycles. The molecule has 0 saturated carbocycles. The Morgan fingerprint density at radius 2 is 0.938 bits per heavy atom. The second kappa shape index (κ2) is 15.2. The first-order chi connectivity index (χ1) is 15.1. The zero-order valence-electron chi connectivity index (χ0n) is 22.3. The molecule has 3 fully saturated rings. The Balaban J connectivity index is 0.000000241. The fourth-order valence-electron chi connectivity index (χ4n) is 4.61. The van der Waals surface area contributed by atoms with Crippen molar-refractivity contribution in [1.29, 1.82) is 0 Å².